The number of hydrogen-bond acceptors (Lipinski definition) is 3. The molecule has 96 valence electrons. The molecule has 1 rings (SSSR count). The second-order valence-corrected chi connectivity index (χ2v) is 4.21. The van der Waals surface area contributed by atoms with E-state index in [9.17, 15) is 4.79 Å². The van der Waals surface area contributed by atoms with Crippen LogP contribution in [0.5, 0.6) is 0 Å². The predicted molar refractivity (Wildman–Crippen MR) is 63.8 cm³/mol. The Morgan fingerprint density at radius 2 is 2.18 bits per heavy atom. The normalized spacial score (nSPS) is 12.7. The third kappa shape index (κ3) is 3.30. The molecule has 0 unspecified atom stereocenters. The largest absolute Gasteiger partial charge is 0.481 e. The van der Waals surface area contributed by atoms with Crippen molar-refractivity contribution < 1.29 is 14.6 Å². The zero-order chi connectivity index (χ0) is 13.0. The SMILES string of the molecule is CCOCn1nc(C)c(C[C@H](C)C(=O)O)c1C. The molecule has 0 radical (unpaired) electrons. The van der Waals surface area contributed by atoms with Gasteiger partial charge in [0.25, 0.3) is 0 Å². The van der Waals surface area contributed by atoms with Crippen molar-refractivity contribution in [3.8, 4) is 0 Å². The maximum atomic E-state index is 10.9. The van der Waals surface area contributed by atoms with E-state index in [4.69, 9.17) is 9.84 Å². The summed E-state index contributed by atoms with van der Waals surface area (Å²) in [6, 6.07) is 0. The first kappa shape index (κ1) is 13.7. The smallest absolute Gasteiger partial charge is 0.306 e. The number of aryl methyl sites for hydroxylation is 1. The molecular formula is C12H20N2O3. The lowest BCUT2D eigenvalue weighted by molar-refractivity contribution is -0.141. The summed E-state index contributed by atoms with van der Waals surface area (Å²) >= 11 is 0. The van der Waals surface area contributed by atoms with Gasteiger partial charge in [0, 0.05) is 12.3 Å². The molecule has 1 aromatic heterocycles. The third-order valence-corrected chi connectivity index (χ3v) is 2.88. The highest BCUT2D eigenvalue weighted by Gasteiger charge is 2.18. The summed E-state index contributed by atoms with van der Waals surface area (Å²) in [6.07, 6.45) is 0.513. The van der Waals surface area contributed by atoms with Crippen molar-refractivity contribution in [3.63, 3.8) is 0 Å². The van der Waals surface area contributed by atoms with Gasteiger partial charge < -0.3 is 9.84 Å². The Balaban J connectivity index is 2.85. The number of nitrogens with zero attached hydrogens (tertiary/aromatic N) is 2. The van der Waals surface area contributed by atoms with Gasteiger partial charge >= 0.3 is 5.97 Å². The highest BCUT2D eigenvalue weighted by Crippen LogP contribution is 2.17. The number of aliphatic carboxylic acids is 1. The minimum Gasteiger partial charge on any atom is -0.481 e. The molecule has 0 aromatic carbocycles. The summed E-state index contributed by atoms with van der Waals surface area (Å²) in [7, 11) is 0. The van der Waals surface area contributed by atoms with Crippen LogP contribution in [0.1, 0.15) is 30.8 Å². The van der Waals surface area contributed by atoms with E-state index in [-0.39, 0.29) is 0 Å². The molecule has 1 atom stereocenters. The summed E-state index contributed by atoms with van der Waals surface area (Å²) < 4.78 is 7.09. The van der Waals surface area contributed by atoms with Gasteiger partial charge in [-0.25, -0.2) is 4.68 Å². The number of carboxylic acid groups (broad SMARTS) is 1. The second-order valence-electron chi connectivity index (χ2n) is 4.21. The van der Waals surface area contributed by atoms with E-state index in [0.717, 1.165) is 17.0 Å². The van der Waals surface area contributed by atoms with Crippen LogP contribution in [0, 0.1) is 19.8 Å². The minimum atomic E-state index is -0.777. The van der Waals surface area contributed by atoms with Crippen LogP contribution in [0.15, 0.2) is 0 Å². The zero-order valence-corrected chi connectivity index (χ0v) is 10.9. The molecule has 17 heavy (non-hydrogen) atoms. The third-order valence-electron chi connectivity index (χ3n) is 2.88. The fourth-order valence-corrected chi connectivity index (χ4v) is 1.73. The molecule has 0 bridgehead atoms. The van der Waals surface area contributed by atoms with E-state index in [2.05, 4.69) is 5.10 Å². The highest BCUT2D eigenvalue weighted by atomic mass is 16.5. The second kappa shape index (κ2) is 5.82. The lowest BCUT2D eigenvalue weighted by atomic mass is 10.00. The molecule has 0 saturated heterocycles. The van der Waals surface area contributed by atoms with Crippen LogP contribution in [-0.4, -0.2) is 27.5 Å². The van der Waals surface area contributed by atoms with Gasteiger partial charge in [-0.1, -0.05) is 6.92 Å². The van der Waals surface area contributed by atoms with Crippen LogP contribution in [0.3, 0.4) is 0 Å². The zero-order valence-electron chi connectivity index (χ0n) is 10.9. The molecule has 5 heteroatoms. The van der Waals surface area contributed by atoms with Gasteiger partial charge in [-0.2, -0.15) is 5.10 Å². The van der Waals surface area contributed by atoms with Crippen LogP contribution in [0.4, 0.5) is 0 Å². The molecule has 0 amide bonds. The molecule has 0 saturated carbocycles. The Labute approximate surface area is 101 Å². The number of hydrogen-bond donors (Lipinski definition) is 1. The molecule has 0 fully saturated rings. The Bertz CT molecular complexity index is 399. The lowest BCUT2D eigenvalue weighted by Gasteiger charge is -2.07. The van der Waals surface area contributed by atoms with E-state index in [0.29, 0.717) is 19.8 Å². The van der Waals surface area contributed by atoms with Crippen molar-refractivity contribution in [1.29, 1.82) is 0 Å². The summed E-state index contributed by atoms with van der Waals surface area (Å²) in [5.74, 6) is -1.17. The minimum absolute atomic E-state index is 0.392. The van der Waals surface area contributed by atoms with Crippen LogP contribution in [0.25, 0.3) is 0 Å². The van der Waals surface area contributed by atoms with Crippen LogP contribution in [0.2, 0.25) is 0 Å². The predicted octanol–water partition coefficient (Wildman–Crippen LogP) is 1.76. The van der Waals surface area contributed by atoms with Crippen molar-refractivity contribution in [3.05, 3.63) is 17.0 Å². The maximum absolute atomic E-state index is 10.9. The van der Waals surface area contributed by atoms with Crippen molar-refractivity contribution >= 4 is 5.97 Å². The first-order valence-corrected chi connectivity index (χ1v) is 5.80. The number of ether oxygens (including phenoxy) is 1. The first-order valence-electron chi connectivity index (χ1n) is 5.80. The van der Waals surface area contributed by atoms with Gasteiger partial charge in [0.2, 0.25) is 0 Å². The monoisotopic (exact) mass is 240 g/mol. The van der Waals surface area contributed by atoms with Gasteiger partial charge in [-0.15, -0.1) is 0 Å². The molecule has 0 aliphatic rings. The van der Waals surface area contributed by atoms with Crippen molar-refractivity contribution in [1.82, 2.24) is 9.78 Å². The molecule has 1 heterocycles. The number of carboxylic acids is 1. The van der Waals surface area contributed by atoms with Crippen molar-refractivity contribution in [2.45, 2.75) is 40.8 Å². The average Bonchev–Trinajstić information content (AvgIpc) is 2.53. The maximum Gasteiger partial charge on any atom is 0.306 e. The number of carbonyl (C=O) groups is 1. The summed E-state index contributed by atoms with van der Waals surface area (Å²) in [5.41, 5.74) is 2.89. The molecule has 0 aliphatic carbocycles. The average molecular weight is 240 g/mol. The molecular weight excluding hydrogens is 220 g/mol. The van der Waals surface area contributed by atoms with E-state index in [1.807, 2.05) is 20.8 Å². The number of rotatable bonds is 6. The molecule has 0 aliphatic heterocycles. The summed E-state index contributed by atoms with van der Waals surface area (Å²) in [4.78, 5) is 10.9. The summed E-state index contributed by atoms with van der Waals surface area (Å²) in [6.45, 7) is 8.55. The van der Waals surface area contributed by atoms with Crippen LogP contribution >= 0.6 is 0 Å². The lowest BCUT2D eigenvalue weighted by Crippen LogP contribution is -2.13. The Hall–Kier alpha value is -1.36. The molecule has 1 aromatic rings. The van der Waals surface area contributed by atoms with E-state index >= 15 is 0 Å². The van der Waals surface area contributed by atoms with Gasteiger partial charge in [0.1, 0.15) is 6.73 Å². The van der Waals surface area contributed by atoms with Gasteiger partial charge in [-0.05, 0) is 32.8 Å². The number of aromatic nitrogens is 2. The van der Waals surface area contributed by atoms with E-state index in [1.54, 1.807) is 11.6 Å². The quantitative estimate of drug-likeness (QED) is 0.822. The standard InChI is InChI=1S/C12H20N2O3/c1-5-17-7-14-10(4)11(9(3)13-14)6-8(2)12(15)16/h8H,5-7H2,1-4H3,(H,15,16)/t8-/m0/s1. The molecule has 5 nitrogen and oxygen atoms in total. The Morgan fingerprint density at radius 1 is 1.53 bits per heavy atom. The Morgan fingerprint density at radius 3 is 2.71 bits per heavy atom. The van der Waals surface area contributed by atoms with Gasteiger partial charge in [-0.3, -0.25) is 4.79 Å². The Kier molecular flexibility index (Phi) is 4.69. The molecule has 1 N–H and O–H groups in total. The van der Waals surface area contributed by atoms with E-state index in [1.165, 1.54) is 0 Å². The fraction of sp³-hybridized carbons (Fsp3) is 0.667. The molecule has 0 spiro atoms. The van der Waals surface area contributed by atoms with Gasteiger partial charge in [0.15, 0.2) is 0 Å². The fourth-order valence-electron chi connectivity index (χ4n) is 1.73. The summed E-state index contributed by atoms with van der Waals surface area (Å²) in [5, 5.41) is 13.3. The van der Waals surface area contributed by atoms with Crippen LogP contribution in [-0.2, 0) is 22.7 Å². The highest BCUT2D eigenvalue weighted by molar-refractivity contribution is 5.70. The topological polar surface area (TPSA) is 64.4 Å². The van der Waals surface area contributed by atoms with Gasteiger partial charge in [0.05, 0.1) is 11.6 Å². The van der Waals surface area contributed by atoms with Crippen molar-refractivity contribution in [2.24, 2.45) is 5.92 Å². The van der Waals surface area contributed by atoms with E-state index < -0.39 is 11.9 Å². The van der Waals surface area contributed by atoms with Crippen molar-refractivity contribution in [2.75, 3.05) is 6.61 Å². The first-order chi connectivity index (χ1) is 7.97. The van der Waals surface area contributed by atoms with Crippen LogP contribution < -0.4 is 0 Å².